The predicted octanol–water partition coefficient (Wildman–Crippen LogP) is 1.61. The van der Waals surface area contributed by atoms with E-state index in [0.29, 0.717) is 45.1 Å². The Morgan fingerprint density at radius 1 is 0.407 bits per heavy atom. The summed E-state index contributed by atoms with van der Waals surface area (Å²) in [4.78, 5) is 146. The molecule has 29 nitrogen and oxygen atoms in total. The van der Waals surface area contributed by atoms with Crippen LogP contribution in [0.2, 0.25) is 0 Å². The van der Waals surface area contributed by atoms with Crippen molar-refractivity contribution in [2.24, 2.45) is 0 Å². The average molecular weight is 1230 g/mol. The number of carboxylic acid groups (broad SMARTS) is 5. The van der Waals surface area contributed by atoms with Gasteiger partial charge in [0, 0.05) is 58.3 Å². The van der Waals surface area contributed by atoms with Crippen LogP contribution in [0.4, 0.5) is 0 Å². The number of carboxylic acids is 5. The van der Waals surface area contributed by atoms with Crippen molar-refractivity contribution in [3.05, 3.63) is 0 Å². The quantitative estimate of drug-likeness (QED) is 0.0385. The highest BCUT2D eigenvalue weighted by Gasteiger charge is 2.36. The third-order valence-corrected chi connectivity index (χ3v) is 14.0. The number of carbonyl (C=O) groups is 12. The van der Waals surface area contributed by atoms with Crippen LogP contribution < -0.4 is 37.2 Å². The molecule has 0 aromatic carbocycles. The highest BCUT2D eigenvalue weighted by molar-refractivity contribution is 5.88. The van der Waals surface area contributed by atoms with Gasteiger partial charge in [-0.2, -0.15) is 0 Å². The molecule has 1 aliphatic heterocycles. The number of likely N-dealkylation sites (N-methyl/N-ethyl adjacent to an activating group) is 1. The van der Waals surface area contributed by atoms with Crippen LogP contribution in [0.5, 0.6) is 0 Å². The molecule has 5 atom stereocenters. The molecule has 86 heavy (non-hydrogen) atoms. The van der Waals surface area contributed by atoms with E-state index < -0.39 is 103 Å². The zero-order chi connectivity index (χ0) is 63.7. The fourth-order valence-corrected chi connectivity index (χ4v) is 9.15. The van der Waals surface area contributed by atoms with Crippen LogP contribution in [0.1, 0.15) is 173 Å². The number of rotatable bonds is 56. The summed E-state index contributed by atoms with van der Waals surface area (Å²) in [7, 11) is 1.61. The van der Waals surface area contributed by atoms with E-state index in [9.17, 15) is 78.0 Å². The van der Waals surface area contributed by atoms with Gasteiger partial charge in [-0.3, -0.25) is 38.4 Å². The number of amides is 7. The van der Waals surface area contributed by atoms with E-state index in [0.717, 1.165) is 51.4 Å². The molecule has 1 aliphatic rings. The normalized spacial score (nSPS) is 14.2. The van der Waals surface area contributed by atoms with Crippen LogP contribution in [0.25, 0.3) is 0 Å². The molecule has 0 bridgehead atoms. The maximum absolute atomic E-state index is 12.9. The molecular weight excluding hydrogens is 1130 g/mol. The van der Waals surface area contributed by atoms with E-state index in [2.05, 4.69) is 37.2 Å². The molecule has 0 aromatic rings. The zero-order valence-electron chi connectivity index (χ0n) is 50.2. The van der Waals surface area contributed by atoms with E-state index in [1.54, 1.807) is 7.05 Å². The summed E-state index contributed by atoms with van der Waals surface area (Å²) in [6.45, 7) is 0.497. The van der Waals surface area contributed by atoms with Gasteiger partial charge in [-0.25, -0.2) is 19.2 Å². The second kappa shape index (κ2) is 49.5. The monoisotopic (exact) mass is 1230 g/mol. The lowest BCUT2D eigenvalue weighted by Gasteiger charge is -2.26. The van der Waals surface area contributed by atoms with Gasteiger partial charge < -0.3 is 86.6 Å². The van der Waals surface area contributed by atoms with E-state index in [1.807, 2.05) is 0 Å². The van der Waals surface area contributed by atoms with Gasteiger partial charge in [-0.05, 0) is 71.3 Å². The van der Waals surface area contributed by atoms with Crippen LogP contribution >= 0.6 is 0 Å². The first-order chi connectivity index (χ1) is 41.2. The Hall–Kier alpha value is -6.56. The minimum atomic E-state index is -1.50. The summed E-state index contributed by atoms with van der Waals surface area (Å²) >= 11 is 0. The second-order valence-corrected chi connectivity index (χ2v) is 21.1. The summed E-state index contributed by atoms with van der Waals surface area (Å²) in [5.74, 6) is -9.42. The molecule has 0 aliphatic carbocycles. The van der Waals surface area contributed by atoms with Crippen molar-refractivity contribution >= 4 is 71.2 Å². The van der Waals surface area contributed by atoms with E-state index >= 15 is 0 Å². The number of unbranched alkanes of at least 4 members (excludes halogenated alkanes) is 14. The number of aliphatic carboxylic acids is 5. The van der Waals surface area contributed by atoms with E-state index in [4.69, 9.17) is 24.1 Å². The zero-order valence-corrected chi connectivity index (χ0v) is 50.2. The summed E-state index contributed by atoms with van der Waals surface area (Å²) in [5, 5.41) is 64.6. The SMILES string of the molecule is CN[C@@H](CCCCNC(=O)CC[C@H](NC(=O)CC[C@H](NC(=O)COCCOCCNC(=O)COCCOCCNC(=O)CC[C@H](NC(=O)CCCCCCCCCCCCCCCCC(=O)O)C(=O)O)C(=O)O)C(=O)O)C(=O)N1CCC[C@H]1C(=O)O. The summed E-state index contributed by atoms with van der Waals surface area (Å²) in [5.41, 5.74) is 0. The fourth-order valence-electron chi connectivity index (χ4n) is 9.15. The fraction of sp³-hybridized carbons (Fsp3) is 0.789. The van der Waals surface area contributed by atoms with Crippen molar-refractivity contribution < 1.29 is 102 Å². The standard InChI is InChI=1S/C57H98N8O21/c1-58-41(53(74)65-32-18-20-45(65)57(81)82)19-16-17-29-59-46(66)26-23-43(55(77)78)63-49(69)28-25-44(56(79)80)64-51(71)40-86-38-36-84-34-31-61-50(70)39-85-37-35-83-33-30-60-47(67)27-24-42(54(75)76)62-48(68)21-14-12-10-8-6-4-2-3-5-7-9-11-13-15-22-52(72)73/h41-45,58H,2-40H2,1H3,(H,59,66)(H,60,67)(H,61,70)(H,62,68)(H,63,69)(H,64,71)(H,72,73)(H,75,76)(H,77,78)(H,79,80)(H,81,82)/t41-,42-,43-,44-,45-/m0/s1. The predicted molar refractivity (Wildman–Crippen MR) is 309 cm³/mol. The smallest absolute Gasteiger partial charge is 0.326 e. The van der Waals surface area contributed by atoms with Crippen molar-refractivity contribution in [1.29, 1.82) is 0 Å². The van der Waals surface area contributed by atoms with Crippen molar-refractivity contribution in [3.8, 4) is 0 Å². The van der Waals surface area contributed by atoms with Crippen LogP contribution in [-0.4, -0.2) is 218 Å². The lowest BCUT2D eigenvalue weighted by atomic mass is 10.0. The Bertz CT molecular complexity index is 2050. The van der Waals surface area contributed by atoms with Crippen molar-refractivity contribution in [3.63, 3.8) is 0 Å². The number of ether oxygens (including phenoxy) is 4. The molecule has 1 fully saturated rings. The van der Waals surface area contributed by atoms with Crippen molar-refractivity contribution in [1.82, 2.24) is 42.1 Å². The molecule has 1 saturated heterocycles. The summed E-state index contributed by atoms with van der Waals surface area (Å²) in [6, 6.07) is -5.58. The maximum atomic E-state index is 12.9. The van der Waals surface area contributed by atoms with Gasteiger partial charge in [-0.15, -0.1) is 0 Å². The largest absolute Gasteiger partial charge is 0.481 e. The van der Waals surface area contributed by atoms with Crippen LogP contribution in [0.15, 0.2) is 0 Å². The highest BCUT2D eigenvalue weighted by Crippen LogP contribution is 2.20. The third-order valence-electron chi connectivity index (χ3n) is 14.0. The van der Waals surface area contributed by atoms with Gasteiger partial charge in [-0.1, -0.05) is 77.0 Å². The molecule has 12 N–H and O–H groups in total. The topological polar surface area (TPSA) is 430 Å². The molecule has 0 unspecified atom stereocenters. The molecule has 0 radical (unpaired) electrons. The Kier molecular flexibility index (Phi) is 44.6. The molecule has 0 aromatic heterocycles. The van der Waals surface area contributed by atoms with Crippen LogP contribution in [-0.2, 0) is 76.5 Å². The molecule has 0 saturated carbocycles. The molecule has 0 spiro atoms. The van der Waals surface area contributed by atoms with E-state index in [1.165, 1.54) is 37.0 Å². The minimum absolute atomic E-state index is 0.0268. The van der Waals surface area contributed by atoms with Gasteiger partial charge in [0.25, 0.3) is 0 Å². The number of hydrogen-bond acceptors (Lipinski definition) is 17. The minimum Gasteiger partial charge on any atom is -0.481 e. The Morgan fingerprint density at radius 2 is 0.802 bits per heavy atom. The number of nitrogens with zero attached hydrogens (tertiary/aromatic N) is 1. The first-order valence-corrected chi connectivity index (χ1v) is 30.3. The van der Waals surface area contributed by atoms with Gasteiger partial charge in [0.1, 0.15) is 37.4 Å². The van der Waals surface area contributed by atoms with Gasteiger partial charge in [0.15, 0.2) is 0 Å². The molecule has 1 rings (SSSR count). The van der Waals surface area contributed by atoms with Gasteiger partial charge >= 0.3 is 29.8 Å². The number of carbonyl (C=O) groups excluding carboxylic acids is 7. The van der Waals surface area contributed by atoms with Crippen LogP contribution in [0, 0.1) is 0 Å². The molecular formula is C57H98N8O21. The molecule has 492 valence electrons. The third kappa shape index (κ3) is 40.7. The molecule has 29 heteroatoms. The van der Waals surface area contributed by atoms with E-state index in [-0.39, 0.29) is 123 Å². The first-order valence-electron chi connectivity index (χ1n) is 30.3. The maximum Gasteiger partial charge on any atom is 0.326 e. The van der Waals surface area contributed by atoms with Gasteiger partial charge in [0.2, 0.25) is 41.4 Å². The Labute approximate surface area is 503 Å². The van der Waals surface area contributed by atoms with Crippen molar-refractivity contribution in [2.75, 3.05) is 86.1 Å². The number of nitrogens with one attached hydrogen (secondary N) is 7. The van der Waals surface area contributed by atoms with Gasteiger partial charge in [0.05, 0.1) is 45.7 Å². The molecule has 7 amide bonds. The summed E-state index contributed by atoms with van der Waals surface area (Å²) < 4.78 is 21.2. The number of likely N-dealkylation sites (tertiary alicyclic amines) is 1. The Morgan fingerprint density at radius 3 is 1.26 bits per heavy atom. The first kappa shape index (κ1) is 77.5. The summed E-state index contributed by atoms with van der Waals surface area (Å²) in [6.07, 6.45) is 16.1. The lowest BCUT2D eigenvalue weighted by molar-refractivity contribution is -0.149. The average Bonchev–Trinajstić information content (AvgIpc) is 3.61. The van der Waals surface area contributed by atoms with Crippen LogP contribution in [0.3, 0.4) is 0 Å². The highest BCUT2D eigenvalue weighted by atomic mass is 16.5. The van der Waals surface area contributed by atoms with Crippen molar-refractivity contribution in [2.45, 2.75) is 204 Å². The molecule has 1 heterocycles. The Balaban J connectivity index is 2.08. The second-order valence-electron chi connectivity index (χ2n) is 21.1. The lowest BCUT2D eigenvalue weighted by Crippen LogP contribution is -2.49. The number of hydrogen-bond donors (Lipinski definition) is 12.